The molecular weight excluding hydrogens is 319 g/mol. The van der Waals surface area contributed by atoms with Gasteiger partial charge in [0.15, 0.2) is 9.84 Å². The second-order valence-corrected chi connectivity index (χ2v) is 8.96. The molecule has 1 aromatic rings. The minimum atomic E-state index is -3.65. The minimum absolute atomic E-state index is 0.0346. The van der Waals surface area contributed by atoms with E-state index in [1.807, 2.05) is 6.92 Å². The first-order valence-electron chi connectivity index (χ1n) is 7.65. The van der Waals surface area contributed by atoms with Crippen molar-refractivity contribution in [1.82, 2.24) is 4.90 Å². The summed E-state index contributed by atoms with van der Waals surface area (Å²) in [6, 6.07) is 4.67. The molecule has 0 bridgehead atoms. The molecule has 0 saturated carbocycles. The quantitative estimate of drug-likeness (QED) is 0.824. The number of rotatable bonds is 5. The average molecular weight is 342 g/mol. The van der Waals surface area contributed by atoms with Crippen molar-refractivity contribution in [2.24, 2.45) is 11.1 Å². The number of hydrogen-bond acceptors (Lipinski definition) is 4. The van der Waals surface area contributed by atoms with Crippen LogP contribution in [0, 0.1) is 11.2 Å². The largest absolute Gasteiger partial charge is 0.342 e. The average Bonchev–Trinajstić information content (AvgIpc) is 2.91. The van der Waals surface area contributed by atoms with Crippen LogP contribution >= 0.6 is 0 Å². The second kappa shape index (κ2) is 6.57. The van der Waals surface area contributed by atoms with E-state index in [0.29, 0.717) is 19.6 Å². The van der Waals surface area contributed by atoms with Crippen LogP contribution in [-0.2, 0) is 14.6 Å². The Morgan fingerprint density at radius 3 is 2.52 bits per heavy atom. The lowest BCUT2D eigenvalue weighted by Gasteiger charge is -2.23. The van der Waals surface area contributed by atoms with E-state index in [0.717, 1.165) is 18.6 Å². The van der Waals surface area contributed by atoms with Crippen LogP contribution in [-0.4, -0.2) is 44.1 Å². The van der Waals surface area contributed by atoms with E-state index in [1.165, 1.54) is 19.1 Å². The van der Waals surface area contributed by atoms with Gasteiger partial charge in [-0.2, -0.15) is 0 Å². The van der Waals surface area contributed by atoms with Crippen molar-refractivity contribution in [3.63, 3.8) is 0 Å². The second-order valence-electron chi connectivity index (χ2n) is 6.59. The number of benzene rings is 1. The summed E-state index contributed by atoms with van der Waals surface area (Å²) >= 11 is 0. The normalized spacial score (nSPS) is 23.0. The molecule has 2 rings (SSSR count). The smallest absolute Gasteiger partial charge is 0.223 e. The fraction of sp³-hybridized carbons (Fsp3) is 0.562. The molecular formula is C16H23FN2O3S. The summed E-state index contributed by atoms with van der Waals surface area (Å²) in [7, 11) is -3.65. The van der Waals surface area contributed by atoms with Crippen LogP contribution in [0.25, 0.3) is 0 Å². The van der Waals surface area contributed by atoms with Gasteiger partial charge in [-0.25, -0.2) is 12.8 Å². The first-order chi connectivity index (χ1) is 10.7. The fourth-order valence-electron chi connectivity index (χ4n) is 2.74. The summed E-state index contributed by atoms with van der Waals surface area (Å²) in [6.45, 7) is 5.20. The van der Waals surface area contributed by atoms with Gasteiger partial charge < -0.3 is 10.6 Å². The Morgan fingerprint density at radius 2 is 2.00 bits per heavy atom. The maximum absolute atomic E-state index is 12.9. The number of sulfone groups is 1. The predicted molar refractivity (Wildman–Crippen MR) is 86.0 cm³/mol. The number of carbonyl (C=O) groups excluding carboxylic acids is 1. The zero-order chi connectivity index (χ0) is 17.3. The van der Waals surface area contributed by atoms with E-state index in [4.69, 9.17) is 5.73 Å². The maximum Gasteiger partial charge on any atom is 0.223 e. The molecule has 1 aromatic carbocycles. The molecule has 1 aliphatic heterocycles. The van der Waals surface area contributed by atoms with E-state index in [-0.39, 0.29) is 22.6 Å². The van der Waals surface area contributed by atoms with Crippen molar-refractivity contribution < 1.29 is 17.6 Å². The van der Waals surface area contributed by atoms with Crippen molar-refractivity contribution >= 4 is 15.7 Å². The van der Waals surface area contributed by atoms with E-state index in [2.05, 4.69) is 0 Å². The van der Waals surface area contributed by atoms with Crippen LogP contribution < -0.4 is 5.73 Å². The standard InChI is InChI=1S/C16H23FN2O3S/c1-12(23(21,22)14-5-3-13(17)4-6-14)9-15(20)19-8-7-16(2,10-18)11-19/h3-6,12H,7-11,18H2,1-2H3. The van der Waals surface area contributed by atoms with Gasteiger partial charge in [0.1, 0.15) is 5.82 Å². The Hall–Kier alpha value is -1.47. The van der Waals surface area contributed by atoms with Gasteiger partial charge in [0.25, 0.3) is 0 Å². The van der Waals surface area contributed by atoms with Gasteiger partial charge in [0, 0.05) is 19.5 Å². The number of hydrogen-bond donors (Lipinski definition) is 1. The molecule has 1 aliphatic rings. The molecule has 23 heavy (non-hydrogen) atoms. The summed E-state index contributed by atoms with van der Waals surface area (Å²) in [5.74, 6) is -0.675. The van der Waals surface area contributed by atoms with Crippen LogP contribution in [0.1, 0.15) is 26.7 Å². The molecule has 1 amide bonds. The monoisotopic (exact) mass is 342 g/mol. The minimum Gasteiger partial charge on any atom is -0.342 e. The number of carbonyl (C=O) groups is 1. The molecule has 1 saturated heterocycles. The van der Waals surface area contributed by atoms with Crippen LogP contribution in [0.3, 0.4) is 0 Å². The molecule has 5 nitrogen and oxygen atoms in total. The molecule has 0 radical (unpaired) electrons. The van der Waals surface area contributed by atoms with Gasteiger partial charge in [0.05, 0.1) is 10.1 Å². The number of nitrogens with zero attached hydrogens (tertiary/aromatic N) is 1. The number of nitrogens with two attached hydrogens (primary N) is 1. The molecule has 7 heteroatoms. The molecule has 2 N–H and O–H groups in total. The Morgan fingerprint density at radius 1 is 1.39 bits per heavy atom. The molecule has 2 unspecified atom stereocenters. The molecule has 1 heterocycles. The number of likely N-dealkylation sites (tertiary alicyclic amines) is 1. The summed E-state index contributed by atoms with van der Waals surface area (Å²) in [5.41, 5.74) is 5.64. The summed E-state index contributed by atoms with van der Waals surface area (Å²) in [6.07, 6.45) is 0.745. The third kappa shape index (κ3) is 3.90. The van der Waals surface area contributed by atoms with Crippen molar-refractivity contribution in [2.45, 2.75) is 36.8 Å². The van der Waals surface area contributed by atoms with Gasteiger partial charge >= 0.3 is 0 Å². The van der Waals surface area contributed by atoms with Gasteiger partial charge in [0.2, 0.25) is 5.91 Å². The van der Waals surface area contributed by atoms with E-state index >= 15 is 0 Å². The highest BCUT2D eigenvalue weighted by Crippen LogP contribution is 2.29. The topological polar surface area (TPSA) is 80.5 Å². The zero-order valence-electron chi connectivity index (χ0n) is 13.5. The summed E-state index contributed by atoms with van der Waals surface area (Å²) in [4.78, 5) is 14.1. The molecule has 0 aromatic heterocycles. The number of amides is 1. The Labute approximate surface area is 136 Å². The Bertz CT molecular complexity index is 675. The molecule has 2 atom stereocenters. The van der Waals surface area contributed by atoms with E-state index in [1.54, 1.807) is 4.90 Å². The van der Waals surface area contributed by atoms with E-state index < -0.39 is 20.9 Å². The highest BCUT2D eigenvalue weighted by molar-refractivity contribution is 7.92. The van der Waals surface area contributed by atoms with Crippen molar-refractivity contribution in [3.8, 4) is 0 Å². The molecule has 0 aliphatic carbocycles. The highest BCUT2D eigenvalue weighted by atomic mass is 32.2. The first kappa shape index (κ1) is 17.9. The maximum atomic E-state index is 12.9. The molecule has 0 spiro atoms. The van der Waals surface area contributed by atoms with Gasteiger partial charge in [-0.05, 0) is 49.6 Å². The van der Waals surface area contributed by atoms with Crippen molar-refractivity contribution in [1.29, 1.82) is 0 Å². The van der Waals surface area contributed by atoms with Crippen molar-refractivity contribution in [2.75, 3.05) is 19.6 Å². The third-order valence-electron chi connectivity index (χ3n) is 4.54. The lowest BCUT2D eigenvalue weighted by Crippen LogP contribution is -2.36. The zero-order valence-corrected chi connectivity index (χ0v) is 14.3. The summed E-state index contributed by atoms with van der Waals surface area (Å²) in [5, 5.41) is -0.856. The number of halogens is 1. The Kier molecular flexibility index (Phi) is 5.10. The lowest BCUT2D eigenvalue weighted by molar-refractivity contribution is -0.130. The first-order valence-corrected chi connectivity index (χ1v) is 9.20. The van der Waals surface area contributed by atoms with Gasteiger partial charge in [-0.3, -0.25) is 4.79 Å². The molecule has 1 fully saturated rings. The van der Waals surface area contributed by atoms with Crippen LogP contribution in [0.4, 0.5) is 4.39 Å². The molecule has 128 valence electrons. The van der Waals surface area contributed by atoms with Crippen molar-refractivity contribution in [3.05, 3.63) is 30.1 Å². The predicted octanol–water partition coefficient (Wildman–Crippen LogP) is 1.58. The summed E-state index contributed by atoms with van der Waals surface area (Å²) < 4.78 is 37.9. The fourth-order valence-corrected chi connectivity index (χ4v) is 4.09. The Balaban J connectivity index is 2.05. The SMILES string of the molecule is CC(CC(=O)N1CCC(C)(CN)C1)S(=O)(=O)c1ccc(F)cc1. The van der Waals surface area contributed by atoms with Crippen LogP contribution in [0.15, 0.2) is 29.2 Å². The highest BCUT2D eigenvalue weighted by Gasteiger charge is 2.36. The van der Waals surface area contributed by atoms with Gasteiger partial charge in [-0.1, -0.05) is 6.92 Å². The van der Waals surface area contributed by atoms with Crippen LogP contribution in [0.5, 0.6) is 0 Å². The van der Waals surface area contributed by atoms with Gasteiger partial charge in [-0.15, -0.1) is 0 Å². The third-order valence-corrected chi connectivity index (χ3v) is 6.69. The lowest BCUT2D eigenvalue weighted by atomic mass is 9.90. The van der Waals surface area contributed by atoms with E-state index in [9.17, 15) is 17.6 Å². The van der Waals surface area contributed by atoms with Crippen LogP contribution in [0.2, 0.25) is 0 Å².